The normalized spacial score (nSPS) is 13.8. The molecule has 0 aliphatic rings. The predicted octanol–water partition coefficient (Wildman–Crippen LogP) is 2.45. The lowest BCUT2D eigenvalue weighted by molar-refractivity contribution is 1.08. The molecule has 0 radical (unpaired) electrons. The molecule has 0 rings (SSSR count). The Balaban J connectivity index is 4.03. The molecule has 0 spiro atoms. The summed E-state index contributed by atoms with van der Waals surface area (Å²) in [6, 6.07) is 0. The molecule has 0 saturated heterocycles. The summed E-state index contributed by atoms with van der Waals surface area (Å²) in [5.74, 6) is 0. The lowest BCUT2D eigenvalue weighted by Gasteiger charge is -1.96. The van der Waals surface area contributed by atoms with Crippen LogP contribution in [0.2, 0.25) is 0 Å². The summed E-state index contributed by atoms with van der Waals surface area (Å²) in [5, 5.41) is 2.98. The van der Waals surface area contributed by atoms with Gasteiger partial charge in [-0.25, -0.2) is 0 Å². The Bertz CT molecular complexity index is 136. The van der Waals surface area contributed by atoms with Crippen molar-refractivity contribution in [2.75, 3.05) is 7.05 Å². The van der Waals surface area contributed by atoms with Crippen LogP contribution in [-0.4, -0.2) is 7.05 Å². The second kappa shape index (κ2) is 4.85. The van der Waals surface area contributed by atoms with E-state index in [9.17, 15) is 0 Å². The Kier molecular flexibility index (Phi) is 4.85. The second-order valence-electron chi connectivity index (χ2n) is 1.75. The van der Waals surface area contributed by atoms with Crippen molar-refractivity contribution in [2.45, 2.75) is 13.8 Å². The van der Waals surface area contributed by atoms with Crippen molar-refractivity contribution in [3.63, 3.8) is 0 Å². The van der Waals surface area contributed by atoms with E-state index in [0.717, 1.165) is 0 Å². The van der Waals surface area contributed by atoms with E-state index in [2.05, 4.69) is 40.9 Å². The first kappa shape index (κ1) is 9.01. The van der Waals surface area contributed by atoms with E-state index < -0.39 is 0 Å². The summed E-state index contributed by atoms with van der Waals surface area (Å²) in [7, 11) is 1.91. The molecule has 0 bridgehead atoms. The van der Waals surface area contributed by atoms with Crippen LogP contribution in [0.25, 0.3) is 0 Å². The fraction of sp³-hybridized carbons (Fsp3) is 0.429. The zero-order valence-corrected chi connectivity index (χ0v) is 8.19. The van der Waals surface area contributed by atoms with Gasteiger partial charge in [-0.15, -0.1) is 0 Å². The van der Waals surface area contributed by atoms with Crippen LogP contribution < -0.4 is 5.32 Å². The highest BCUT2D eigenvalue weighted by molar-refractivity contribution is 14.1. The van der Waals surface area contributed by atoms with E-state index in [4.69, 9.17) is 0 Å². The first-order valence-electron chi connectivity index (χ1n) is 2.88. The maximum atomic E-state index is 2.98. The maximum Gasteiger partial charge on any atom is 0.0131 e. The Morgan fingerprint density at radius 3 is 2.44 bits per heavy atom. The minimum absolute atomic E-state index is 1.28. The van der Waals surface area contributed by atoms with Gasteiger partial charge in [0.15, 0.2) is 0 Å². The lowest BCUT2D eigenvalue weighted by atomic mass is 10.3. The SMILES string of the molecule is C/C=C(I)\C(C)=C/NC. The summed E-state index contributed by atoms with van der Waals surface area (Å²) in [4.78, 5) is 0. The smallest absolute Gasteiger partial charge is 0.0131 e. The Morgan fingerprint density at radius 2 is 2.11 bits per heavy atom. The summed E-state index contributed by atoms with van der Waals surface area (Å²) < 4.78 is 1.29. The minimum atomic E-state index is 1.28. The van der Waals surface area contributed by atoms with Gasteiger partial charge in [-0.05, 0) is 42.0 Å². The standard InChI is InChI=1S/C7H12IN/c1-4-7(8)6(2)5-9-3/h4-5,9H,1-3H3/b6-5-,7-4+. The Hall–Kier alpha value is 0.01000. The number of halogens is 1. The lowest BCUT2D eigenvalue weighted by Crippen LogP contribution is -1.94. The number of allylic oxidation sites excluding steroid dienone is 3. The van der Waals surface area contributed by atoms with Crippen molar-refractivity contribution in [3.05, 3.63) is 21.4 Å². The van der Waals surface area contributed by atoms with Gasteiger partial charge < -0.3 is 5.32 Å². The third kappa shape index (κ3) is 3.56. The van der Waals surface area contributed by atoms with Crippen LogP contribution in [0.15, 0.2) is 21.4 Å². The minimum Gasteiger partial charge on any atom is -0.394 e. The highest BCUT2D eigenvalue weighted by Gasteiger charge is 1.89. The maximum absolute atomic E-state index is 2.98. The van der Waals surface area contributed by atoms with Crippen molar-refractivity contribution in [2.24, 2.45) is 0 Å². The first-order valence-corrected chi connectivity index (χ1v) is 3.96. The molecule has 0 aliphatic carbocycles. The summed E-state index contributed by atoms with van der Waals surface area (Å²) in [5.41, 5.74) is 1.28. The van der Waals surface area contributed by atoms with Gasteiger partial charge in [0.1, 0.15) is 0 Å². The molecule has 0 fully saturated rings. The molecule has 9 heavy (non-hydrogen) atoms. The van der Waals surface area contributed by atoms with Crippen LogP contribution in [0, 0.1) is 0 Å². The molecule has 0 aromatic heterocycles. The molecule has 1 N–H and O–H groups in total. The van der Waals surface area contributed by atoms with E-state index in [1.807, 2.05) is 20.2 Å². The molecule has 0 unspecified atom stereocenters. The number of hydrogen-bond acceptors (Lipinski definition) is 1. The molecular formula is C7H12IN. The highest BCUT2D eigenvalue weighted by Crippen LogP contribution is 2.15. The molecule has 0 amide bonds. The van der Waals surface area contributed by atoms with Gasteiger partial charge in [0.05, 0.1) is 0 Å². The molecule has 0 saturated carbocycles. The van der Waals surface area contributed by atoms with Gasteiger partial charge in [0, 0.05) is 16.8 Å². The quantitative estimate of drug-likeness (QED) is 0.574. The van der Waals surface area contributed by atoms with Crippen molar-refractivity contribution in [3.8, 4) is 0 Å². The molecule has 1 nitrogen and oxygen atoms in total. The summed E-state index contributed by atoms with van der Waals surface area (Å²) in [6.45, 7) is 4.12. The van der Waals surface area contributed by atoms with E-state index >= 15 is 0 Å². The fourth-order valence-corrected chi connectivity index (χ4v) is 0.669. The largest absolute Gasteiger partial charge is 0.394 e. The van der Waals surface area contributed by atoms with Crippen molar-refractivity contribution in [1.82, 2.24) is 5.32 Å². The van der Waals surface area contributed by atoms with Gasteiger partial charge in [0.25, 0.3) is 0 Å². The first-order chi connectivity index (χ1) is 4.22. The molecule has 0 atom stereocenters. The van der Waals surface area contributed by atoms with E-state index in [-0.39, 0.29) is 0 Å². The Labute approximate surface area is 70.4 Å². The predicted molar refractivity (Wildman–Crippen MR) is 50.6 cm³/mol. The van der Waals surface area contributed by atoms with Crippen LogP contribution in [0.5, 0.6) is 0 Å². The van der Waals surface area contributed by atoms with Gasteiger partial charge >= 0.3 is 0 Å². The highest BCUT2D eigenvalue weighted by atomic mass is 127. The van der Waals surface area contributed by atoms with Gasteiger partial charge in [-0.1, -0.05) is 6.08 Å². The molecule has 2 heteroatoms. The van der Waals surface area contributed by atoms with Crippen molar-refractivity contribution >= 4 is 22.6 Å². The van der Waals surface area contributed by atoms with Crippen LogP contribution in [0.1, 0.15) is 13.8 Å². The van der Waals surface area contributed by atoms with Gasteiger partial charge in [-0.3, -0.25) is 0 Å². The van der Waals surface area contributed by atoms with Gasteiger partial charge in [-0.2, -0.15) is 0 Å². The summed E-state index contributed by atoms with van der Waals surface area (Å²) in [6.07, 6.45) is 4.07. The van der Waals surface area contributed by atoms with Crippen LogP contribution in [0.3, 0.4) is 0 Å². The van der Waals surface area contributed by atoms with Crippen molar-refractivity contribution in [1.29, 1.82) is 0 Å². The topological polar surface area (TPSA) is 12.0 Å². The molecule has 0 heterocycles. The molecule has 0 aromatic rings. The van der Waals surface area contributed by atoms with Crippen molar-refractivity contribution < 1.29 is 0 Å². The molecule has 0 aromatic carbocycles. The third-order valence-electron chi connectivity index (χ3n) is 0.991. The fourth-order valence-electron chi connectivity index (χ4n) is 0.513. The zero-order valence-electron chi connectivity index (χ0n) is 6.03. The zero-order chi connectivity index (χ0) is 7.28. The average Bonchev–Trinajstić information content (AvgIpc) is 1.87. The van der Waals surface area contributed by atoms with E-state index in [1.165, 1.54) is 9.15 Å². The monoisotopic (exact) mass is 237 g/mol. The summed E-state index contributed by atoms with van der Waals surface area (Å²) >= 11 is 2.31. The average molecular weight is 237 g/mol. The van der Waals surface area contributed by atoms with Crippen LogP contribution in [-0.2, 0) is 0 Å². The van der Waals surface area contributed by atoms with E-state index in [0.29, 0.717) is 0 Å². The molecule has 0 aliphatic heterocycles. The Morgan fingerprint density at radius 1 is 1.56 bits per heavy atom. The third-order valence-corrected chi connectivity index (χ3v) is 2.46. The van der Waals surface area contributed by atoms with Crippen LogP contribution in [0.4, 0.5) is 0 Å². The second-order valence-corrected chi connectivity index (χ2v) is 2.91. The van der Waals surface area contributed by atoms with Gasteiger partial charge in [0.2, 0.25) is 0 Å². The van der Waals surface area contributed by atoms with Crippen LogP contribution >= 0.6 is 22.6 Å². The molecule has 52 valence electrons. The number of rotatable bonds is 2. The van der Waals surface area contributed by atoms with E-state index in [1.54, 1.807) is 0 Å². The number of nitrogens with one attached hydrogen (secondary N) is 1. The molecular weight excluding hydrogens is 225 g/mol. The number of hydrogen-bond donors (Lipinski definition) is 1.